The lowest BCUT2D eigenvalue weighted by Crippen LogP contribution is -2.51. The fraction of sp³-hybridized carbons (Fsp3) is 0.429. The van der Waals surface area contributed by atoms with E-state index in [1.165, 1.54) is 29.0 Å². The number of benzene rings is 1. The molecule has 1 atom stereocenters. The molecule has 1 N–H and O–H groups in total. The Bertz CT molecular complexity index is 564. The topological polar surface area (TPSA) is 70.1 Å². The van der Waals surface area contributed by atoms with Crippen LogP contribution in [0.1, 0.15) is 11.6 Å². The van der Waals surface area contributed by atoms with Crippen LogP contribution >= 0.6 is 0 Å². The van der Waals surface area contributed by atoms with Crippen LogP contribution in [0.4, 0.5) is 4.39 Å². The molecule has 0 aromatic heterocycles. The molecule has 7 heteroatoms. The van der Waals surface area contributed by atoms with E-state index in [4.69, 9.17) is 4.74 Å². The number of aliphatic carboxylic acids is 1. The zero-order chi connectivity index (χ0) is 15.6. The summed E-state index contributed by atoms with van der Waals surface area (Å²) >= 11 is 0. The third-order valence-corrected chi connectivity index (χ3v) is 3.57. The number of halogens is 1. The maximum absolute atomic E-state index is 13.5. The molecule has 1 aromatic rings. The molecule has 0 aliphatic carbocycles. The van der Waals surface area contributed by atoms with Gasteiger partial charge in [0.2, 0.25) is 5.91 Å². The van der Waals surface area contributed by atoms with Gasteiger partial charge in [-0.1, -0.05) is 0 Å². The van der Waals surface area contributed by atoms with Crippen LogP contribution in [-0.4, -0.2) is 60.6 Å². The molecule has 1 aliphatic rings. The molecule has 0 unspecified atom stereocenters. The summed E-state index contributed by atoms with van der Waals surface area (Å²) in [5.41, 5.74) is 0.211. The predicted molar refractivity (Wildman–Crippen MR) is 72.5 cm³/mol. The summed E-state index contributed by atoms with van der Waals surface area (Å²) in [6, 6.07) is 2.61. The van der Waals surface area contributed by atoms with E-state index in [9.17, 15) is 19.1 Å². The number of amides is 1. The van der Waals surface area contributed by atoms with Crippen molar-refractivity contribution in [3.63, 3.8) is 0 Å². The Morgan fingerprint density at radius 2 is 2.14 bits per heavy atom. The fourth-order valence-corrected chi connectivity index (χ4v) is 2.40. The quantitative estimate of drug-likeness (QED) is 0.887. The van der Waals surface area contributed by atoms with Gasteiger partial charge in [-0.15, -0.1) is 0 Å². The Balaban J connectivity index is 2.38. The average Bonchev–Trinajstić information content (AvgIpc) is 2.43. The van der Waals surface area contributed by atoms with Crippen LogP contribution in [0.5, 0.6) is 5.75 Å². The van der Waals surface area contributed by atoms with Crippen LogP contribution in [-0.2, 0) is 9.59 Å². The number of hydrogen-bond donors (Lipinski definition) is 1. The van der Waals surface area contributed by atoms with Gasteiger partial charge < -0.3 is 14.7 Å². The first-order valence-electron chi connectivity index (χ1n) is 6.48. The van der Waals surface area contributed by atoms with Crippen LogP contribution in [0.15, 0.2) is 18.2 Å². The second kappa shape index (κ2) is 6.09. The smallest absolute Gasteiger partial charge is 0.325 e. The minimum Gasteiger partial charge on any atom is -0.496 e. The summed E-state index contributed by atoms with van der Waals surface area (Å²) in [5, 5.41) is 9.50. The van der Waals surface area contributed by atoms with E-state index < -0.39 is 17.8 Å². The van der Waals surface area contributed by atoms with Crippen molar-refractivity contribution in [2.24, 2.45) is 0 Å². The van der Waals surface area contributed by atoms with Gasteiger partial charge in [0.1, 0.15) is 17.6 Å². The van der Waals surface area contributed by atoms with Crippen molar-refractivity contribution in [3.05, 3.63) is 29.6 Å². The molecule has 0 spiro atoms. The standard InChI is InChI=1S/C14H17FN2O4/c1-16-5-6-17(8-12(16)18)13(14(19)20)10-7-9(15)3-4-11(10)21-2/h3-4,7,13H,5-6,8H2,1-2H3,(H,19,20)/t13-/m0/s1. The highest BCUT2D eigenvalue weighted by Crippen LogP contribution is 2.31. The highest BCUT2D eigenvalue weighted by atomic mass is 19.1. The first kappa shape index (κ1) is 15.2. The third-order valence-electron chi connectivity index (χ3n) is 3.57. The Hall–Kier alpha value is -2.15. The van der Waals surface area contributed by atoms with Crippen LogP contribution < -0.4 is 4.74 Å². The number of carbonyl (C=O) groups excluding carboxylic acids is 1. The van der Waals surface area contributed by atoms with Gasteiger partial charge in [-0.05, 0) is 18.2 Å². The Morgan fingerprint density at radius 3 is 2.71 bits per heavy atom. The van der Waals surface area contributed by atoms with E-state index >= 15 is 0 Å². The molecular formula is C14H17FN2O4. The molecular weight excluding hydrogens is 279 g/mol. The van der Waals surface area contributed by atoms with Gasteiger partial charge in [0, 0.05) is 25.7 Å². The molecule has 0 radical (unpaired) electrons. The molecule has 1 aliphatic heterocycles. The normalized spacial score (nSPS) is 17.7. The van der Waals surface area contributed by atoms with Crippen molar-refractivity contribution in [1.82, 2.24) is 9.80 Å². The first-order valence-corrected chi connectivity index (χ1v) is 6.48. The number of ether oxygens (including phenoxy) is 1. The van der Waals surface area contributed by atoms with E-state index in [1.54, 1.807) is 7.05 Å². The highest BCUT2D eigenvalue weighted by molar-refractivity contribution is 5.81. The predicted octanol–water partition coefficient (Wildman–Crippen LogP) is 0.734. The van der Waals surface area contributed by atoms with Crippen molar-refractivity contribution in [2.75, 3.05) is 33.8 Å². The van der Waals surface area contributed by atoms with E-state index in [2.05, 4.69) is 0 Å². The van der Waals surface area contributed by atoms with Crippen LogP contribution in [0, 0.1) is 5.82 Å². The lowest BCUT2D eigenvalue weighted by atomic mass is 10.0. The second-order valence-corrected chi connectivity index (χ2v) is 4.91. The molecule has 1 heterocycles. The molecule has 1 fully saturated rings. The van der Waals surface area contributed by atoms with Gasteiger partial charge in [-0.25, -0.2) is 4.39 Å². The van der Waals surface area contributed by atoms with E-state index in [0.29, 0.717) is 13.1 Å². The number of nitrogens with zero attached hydrogens (tertiary/aromatic N) is 2. The van der Waals surface area contributed by atoms with E-state index in [1.807, 2.05) is 0 Å². The zero-order valence-corrected chi connectivity index (χ0v) is 11.9. The highest BCUT2D eigenvalue weighted by Gasteiger charge is 2.34. The van der Waals surface area contributed by atoms with Crippen molar-refractivity contribution in [1.29, 1.82) is 0 Å². The monoisotopic (exact) mass is 296 g/mol. The molecule has 1 saturated heterocycles. The maximum Gasteiger partial charge on any atom is 0.325 e. The number of methoxy groups -OCH3 is 1. The van der Waals surface area contributed by atoms with Crippen LogP contribution in [0.3, 0.4) is 0 Å². The van der Waals surface area contributed by atoms with Crippen LogP contribution in [0.25, 0.3) is 0 Å². The summed E-state index contributed by atoms with van der Waals surface area (Å²) in [5.74, 6) is -1.56. The lowest BCUT2D eigenvalue weighted by molar-refractivity contribution is -0.147. The number of carboxylic acid groups (broad SMARTS) is 1. The Morgan fingerprint density at radius 1 is 1.43 bits per heavy atom. The maximum atomic E-state index is 13.5. The van der Waals surface area contributed by atoms with Gasteiger partial charge >= 0.3 is 5.97 Å². The van der Waals surface area contributed by atoms with Gasteiger partial charge in [-0.2, -0.15) is 0 Å². The second-order valence-electron chi connectivity index (χ2n) is 4.91. The van der Waals surface area contributed by atoms with Crippen molar-refractivity contribution in [2.45, 2.75) is 6.04 Å². The minimum absolute atomic E-state index is 0.0207. The molecule has 21 heavy (non-hydrogen) atoms. The number of rotatable bonds is 4. The number of hydrogen-bond acceptors (Lipinski definition) is 4. The van der Waals surface area contributed by atoms with E-state index in [-0.39, 0.29) is 23.8 Å². The minimum atomic E-state index is -1.14. The molecule has 6 nitrogen and oxygen atoms in total. The third kappa shape index (κ3) is 3.13. The molecule has 114 valence electrons. The summed E-state index contributed by atoms with van der Waals surface area (Å²) < 4.78 is 18.6. The van der Waals surface area contributed by atoms with Crippen molar-refractivity contribution >= 4 is 11.9 Å². The largest absolute Gasteiger partial charge is 0.496 e. The Labute approximate surface area is 121 Å². The number of likely N-dealkylation sites (N-methyl/N-ethyl adjacent to an activating group) is 1. The van der Waals surface area contributed by atoms with Crippen molar-refractivity contribution < 1.29 is 23.8 Å². The lowest BCUT2D eigenvalue weighted by Gasteiger charge is -2.36. The molecule has 0 saturated carbocycles. The van der Waals surface area contributed by atoms with Gasteiger partial charge in [-0.3, -0.25) is 14.5 Å². The average molecular weight is 296 g/mol. The summed E-state index contributed by atoms with van der Waals surface area (Å²) in [7, 11) is 3.06. The van der Waals surface area contributed by atoms with Gasteiger partial charge in [0.15, 0.2) is 0 Å². The Kier molecular flexibility index (Phi) is 4.42. The van der Waals surface area contributed by atoms with Crippen LogP contribution in [0.2, 0.25) is 0 Å². The fourth-order valence-electron chi connectivity index (χ4n) is 2.40. The molecule has 1 amide bonds. The van der Waals surface area contributed by atoms with Gasteiger partial charge in [0.25, 0.3) is 0 Å². The summed E-state index contributed by atoms with van der Waals surface area (Å²) in [4.78, 5) is 26.4. The first-order chi connectivity index (χ1) is 9.93. The number of piperazine rings is 1. The molecule has 0 bridgehead atoms. The summed E-state index contributed by atoms with van der Waals surface area (Å²) in [6.45, 7) is 0.812. The number of carboxylic acids is 1. The van der Waals surface area contributed by atoms with E-state index in [0.717, 1.165) is 6.07 Å². The SMILES string of the molecule is COc1ccc(F)cc1[C@@H](C(=O)O)N1CCN(C)C(=O)C1. The van der Waals surface area contributed by atoms with Crippen molar-refractivity contribution in [3.8, 4) is 5.75 Å². The molecule has 2 rings (SSSR count). The van der Waals surface area contributed by atoms with Gasteiger partial charge in [0.05, 0.1) is 13.7 Å². The number of carbonyl (C=O) groups is 2. The summed E-state index contributed by atoms with van der Waals surface area (Å²) in [6.07, 6.45) is 0. The molecule has 1 aromatic carbocycles. The zero-order valence-electron chi connectivity index (χ0n) is 11.9.